The lowest BCUT2D eigenvalue weighted by Crippen LogP contribution is -2.39. The number of benzene rings is 2. The van der Waals surface area contributed by atoms with Crippen molar-refractivity contribution < 1.29 is 9.47 Å². The topological polar surface area (TPSA) is 103 Å². The number of anilines is 2. The summed E-state index contributed by atoms with van der Waals surface area (Å²) in [4.78, 5) is 29.6. The Balaban J connectivity index is 2.04. The van der Waals surface area contributed by atoms with Crippen LogP contribution in [-0.2, 0) is 17.8 Å². The molecule has 0 bridgehead atoms. The van der Waals surface area contributed by atoms with Gasteiger partial charge in [0.1, 0.15) is 17.3 Å². The fourth-order valence-electron chi connectivity index (χ4n) is 3.49. The van der Waals surface area contributed by atoms with Crippen molar-refractivity contribution in [3.05, 3.63) is 86.6 Å². The first-order valence-electron chi connectivity index (χ1n) is 10.6. The van der Waals surface area contributed by atoms with Gasteiger partial charge in [0.15, 0.2) is 0 Å². The fourth-order valence-corrected chi connectivity index (χ4v) is 3.49. The van der Waals surface area contributed by atoms with Crippen molar-refractivity contribution in [1.29, 1.82) is 0 Å². The molecule has 0 saturated heterocycles. The maximum absolute atomic E-state index is 12.9. The van der Waals surface area contributed by atoms with E-state index in [9.17, 15) is 9.59 Å². The zero-order chi connectivity index (χ0) is 23.1. The van der Waals surface area contributed by atoms with Gasteiger partial charge in [-0.2, -0.15) is 0 Å². The lowest BCUT2D eigenvalue weighted by Gasteiger charge is -2.27. The largest absolute Gasteiger partial charge is 0.491 e. The van der Waals surface area contributed by atoms with E-state index < -0.39 is 11.2 Å². The molecule has 32 heavy (non-hydrogen) atoms. The Kier molecular flexibility index (Phi) is 7.72. The molecule has 0 aliphatic carbocycles. The highest BCUT2D eigenvalue weighted by Gasteiger charge is 2.20. The first-order valence-corrected chi connectivity index (χ1v) is 10.6. The summed E-state index contributed by atoms with van der Waals surface area (Å²) in [6.45, 7) is 5.32. The van der Waals surface area contributed by atoms with Crippen LogP contribution in [-0.4, -0.2) is 35.9 Å². The normalized spacial score (nSPS) is 11.0. The van der Waals surface area contributed by atoms with E-state index in [1.54, 1.807) is 7.11 Å². The highest BCUT2D eigenvalue weighted by molar-refractivity contribution is 5.63. The smallest absolute Gasteiger partial charge is 0.330 e. The van der Waals surface area contributed by atoms with Gasteiger partial charge in [-0.25, -0.2) is 4.79 Å². The van der Waals surface area contributed by atoms with E-state index >= 15 is 0 Å². The molecule has 1 heterocycles. The van der Waals surface area contributed by atoms with Crippen LogP contribution in [0.25, 0.3) is 0 Å². The van der Waals surface area contributed by atoms with Gasteiger partial charge in [0.05, 0.1) is 19.3 Å². The lowest BCUT2D eigenvalue weighted by atomic mass is 10.1. The predicted molar refractivity (Wildman–Crippen MR) is 126 cm³/mol. The average molecular weight is 439 g/mol. The molecular formula is C24H30N4O4. The minimum atomic E-state index is -0.546. The van der Waals surface area contributed by atoms with E-state index in [1.165, 1.54) is 4.57 Å². The molecule has 3 aromatic rings. The number of nitrogens with zero attached hydrogens (tertiary/aromatic N) is 2. The molecule has 1 aromatic heterocycles. The summed E-state index contributed by atoms with van der Waals surface area (Å²) >= 11 is 0. The molecule has 0 aliphatic heterocycles. The predicted octanol–water partition coefficient (Wildman–Crippen LogP) is 2.61. The highest BCUT2D eigenvalue weighted by atomic mass is 16.5. The molecule has 0 saturated carbocycles. The van der Waals surface area contributed by atoms with Gasteiger partial charge in [-0.1, -0.05) is 48.5 Å². The van der Waals surface area contributed by atoms with E-state index in [-0.39, 0.29) is 24.2 Å². The quantitative estimate of drug-likeness (QED) is 0.504. The Morgan fingerprint density at radius 1 is 1.06 bits per heavy atom. The maximum atomic E-state index is 12.9. The second-order valence-electron chi connectivity index (χ2n) is 7.75. The molecule has 0 aliphatic rings. The second-order valence-corrected chi connectivity index (χ2v) is 7.75. The fraction of sp³-hybridized carbons (Fsp3) is 0.333. The Bertz CT molecular complexity index is 1140. The third-order valence-corrected chi connectivity index (χ3v) is 4.98. The van der Waals surface area contributed by atoms with E-state index in [2.05, 4.69) is 4.98 Å². The number of nitrogens with one attached hydrogen (secondary N) is 1. The molecule has 3 rings (SSSR count). The standard InChI is InChI=1S/C24H30N4O4/c1-17(2)32-20-12-8-7-11-19(20)16-27(13-14-31-3)21-22(25)28(24(30)26-23(21)29)15-18-9-5-4-6-10-18/h4-12,17H,13-16,25H2,1-3H3,(H,26,29,30). The molecule has 170 valence electrons. The monoisotopic (exact) mass is 438 g/mol. The summed E-state index contributed by atoms with van der Waals surface area (Å²) in [6, 6.07) is 17.1. The van der Waals surface area contributed by atoms with E-state index in [4.69, 9.17) is 15.2 Å². The molecule has 0 radical (unpaired) electrons. The molecule has 8 nitrogen and oxygen atoms in total. The Labute approximate surface area is 187 Å². The lowest BCUT2D eigenvalue weighted by molar-refractivity contribution is 0.204. The van der Waals surface area contributed by atoms with Crippen molar-refractivity contribution in [3.8, 4) is 5.75 Å². The number of nitrogens with two attached hydrogens (primary N) is 1. The Hall–Kier alpha value is -3.52. The first kappa shape index (κ1) is 23.1. The van der Waals surface area contributed by atoms with Gasteiger partial charge in [0, 0.05) is 25.8 Å². The summed E-state index contributed by atoms with van der Waals surface area (Å²) in [7, 11) is 1.60. The van der Waals surface area contributed by atoms with Crippen LogP contribution in [0.5, 0.6) is 5.75 Å². The summed E-state index contributed by atoms with van der Waals surface area (Å²) in [5, 5.41) is 0. The minimum absolute atomic E-state index is 0.00447. The number of ether oxygens (including phenoxy) is 2. The summed E-state index contributed by atoms with van der Waals surface area (Å²) in [6.07, 6.45) is 0.00447. The number of hydrogen-bond acceptors (Lipinski definition) is 6. The van der Waals surface area contributed by atoms with Crippen LogP contribution in [0.4, 0.5) is 11.5 Å². The SMILES string of the molecule is COCCN(Cc1ccccc1OC(C)C)c1c(N)n(Cc2ccccc2)c(=O)[nH]c1=O. The van der Waals surface area contributed by atoms with Crippen molar-refractivity contribution in [1.82, 2.24) is 9.55 Å². The van der Waals surface area contributed by atoms with Gasteiger partial charge in [0.2, 0.25) is 0 Å². The number of para-hydroxylation sites is 1. The minimum Gasteiger partial charge on any atom is -0.491 e. The van der Waals surface area contributed by atoms with E-state index in [0.29, 0.717) is 19.7 Å². The van der Waals surface area contributed by atoms with Gasteiger partial charge >= 0.3 is 5.69 Å². The number of aromatic nitrogens is 2. The second kappa shape index (κ2) is 10.7. The third kappa shape index (κ3) is 5.59. The molecular weight excluding hydrogens is 408 g/mol. The highest BCUT2D eigenvalue weighted by Crippen LogP contribution is 2.25. The number of aromatic amines is 1. The van der Waals surface area contributed by atoms with Gasteiger partial charge in [-0.05, 0) is 25.5 Å². The molecule has 0 unspecified atom stereocenters. The number of methoxy groups -OCH3 is 1. The van der Waals surface area contributed by atoms with Crippen molar-refractivity contribution >= 4 is 11.5 Å². The third-order valence-electron chi connectivity index (χ3n) is 4.98. The summed E-state index contributed by atoms with van der Waals surface area (Å²) in [5.74, 6) is 0.846. The van der Waals surface area contributed by atoms with Crippen LogP contribution in [0.3, 0.4) is 0 Å². The van der Waals surface area contributed by atoms with Crippen molar-refractivity contribution in [3.63, 3.8) is 0 Å². The van der Waals surface area contributed by atoms with Crippen LogP contribution in [0.15, 0.2) is 64.2 Å². The summed E-state index contributed by atoms with van der Waals surface area (Å²) < 4.78 is 12.6. The first-order chi connectivity index (χ1) is 15.4. The zero-order valence-corrected chi connectivity index (χ0v) is 18.7. The molecule has 3 N–H and O–H groups in total. The van der Waals surface area contributed by atoms with Gasteiger partial charge < -0.3 is 20.1 Å². The van der Waals surface area contributed by atoms with Gasteiger partial charge in [-0.15, -0.1) is 0 Å². The van der Waals surface area contributed by atoms with Gasteiger partial charge in [0.25, 0.3) is 5.56 Å². The molecule has 8 heteroatoms. The maximum Gasteiger partial charge on any atom is 0.330 e. The number of rotatable bonds is 10. The zero-order valence-electron chi connectivity index (χ0n) is 18.7. The van der Waals surface area contributed by atoms with Crippen molar-refractivity contribution in [2.24, 2.45) is 0 Å². The Morgan fingerprint density at radius 3 is 2.44 bits per heavy atom. The van der Waals surface area contributed by atoms with Gasteiger partial charge in [-0.3, -0.25) is 14.3 Å². The van der Waals surface area contributed by atoms with Crippen LogP contribution < -0.4 is 26.6 Å². The van der Waals surface area contributed by atoms with Crippen LogP contribution in [0.2, 0.25) is 0 Å². The average Bonchev–Trinajstić information content (AvgIpc) is 2.76. The van der Waals surface area contributed by atoms with Crippen LogP contribution in [0.1, 0.15) is 25.0 Å². The van der Waals surface area contributed by atoms with Crippen molar-refractivity contribution in [2.75, 3.05) is 30.9 Å². The van der Waals surface area contributed by atoms with E-state index in [1.807, 2.05) is 73.3 Å². The molecule has 0 fully saturated rings. The number of hydrogen-bond donors (Lipinski definition) is 2. The molecule has 0 spiro atoms. The summed E-state index contributed by atoms with van der Waals surface area (Å²) in [5.41, 5.74) is 7.36. The number of nitrogen functional groups attached to an aromatic ring is 1. The van der Waals surface area contributed by atoms with Crippen molar-refractivity contribution in [2.45, 2.75) is 33.0 Å². The Morgan fingerprint density at radius 2 is 1.75 bits per heavy atom. The van der Waals surface area contributed by atoms with E-state index in [0.717, 1.165) is 16.9 Å². The molecule has 2 aromatic carbocycles. The molecule has 0 atom stereocenters. The molecule has 0 amide bonds. The van der Waals surface area contributed by atoms with Crippen LogP contribution in [0, 0.1) is 0 Å². The number of H-pyrrole nitrogens is 1. The van der Waals surface area contributed by atoms with Crippen LogP contribution >= 0.6 is 0 Å².